The number of benzene rings is 2. The SMILES string of the molecule is COc1cc2c(cc1OC)[C@@H]1[C@H](C(=O)N3CCN(C(=O)c4ccco4)CC3)c3ccccc3C(=O)N1CC2. The number of amides is 3. The maximum Gasteiger partial charge on any atom is 0.289 e. The number of ether oxygens (including phenoxy) is 2. The molecule has 1 fully saturated rings. The molecule has 0 saturated carbocycles. The Bertz CT molecular complexity index is 1390. The number of hydrogen-bond acceptors (Lipinski definition) is 6. The number of methoxy groups -OCH3 is 2. The monoisotopic (exact) mass is 515 g/mol. The molecule has 3 aromatic rings. The molecule has 1 aromatic heterocycles. The lowest BCUT2D eigenvalue weighted by atomic mass is 9.75. The van der Waals surface area contributed by atoms with E-state index in [1.807, 2.05) is 40.1 Å². The lowest BCUT2D eigenvalue weighted by molar-refractivity contribution is -0.136. The van der Waals surface area contributed by atoms with E-state index in [1.54, 1.807) is 37.3 Å². The van der Waals surface area contributed by atoms with Crippen LogP contribution in [0.1, 0.15) is 49.6 Å². The van der Waals surface area contributed by atoms with Gasteiger partial charge in [-0.3, -0.25) is 14.4 Å². The van der Waals surface area contributed by atoms with Crippen molar-refractivity contribution in [3.8, 4) is 11.5 Å². The first kappa shape index (κ1) is 24.1. The first-order chi connectivity index (χ1) is 18.5. The van der Waals surface area contributed by atoms with E-state index in [4.69, 9.17) is 13.9 Å². The van der Waals surface area contributed by atoms with Gasteiger partial charge in [-0.25, -0.2) is 0 Å². The van der Waals surface area contributed by atoms with E-state index in [0.29, 0.717) is 62.0 Å². The number of carbonyl (C=O) groups is 3. The molecule has 6 rings (SSSR count). The molecule has 3 aliphatic rings. The number of piperazine rings is 1. The van der Waals surface area contributed by atoms with Gasteiger partial charge < -0.3 is 28.6 Å². The third-order valence-corrected chi connectivity index (χ3v) is 7.90. The molecule has 9 heteroatoms. The van der Waals surface area contributed by atoms with Gasteiger partial charge in [-0.1, -0.05) is 18.2 Å². The van der Waals surface area contributed by atoms with E-state index in [-0.39, 0.29) is 17.7 Å². The second kappa shape index (κ2) is 9.55. The van der Waals surface area contributed by atoms with Gasteiger partial charge in [0.2, 0.25) is 5.91 Å². The highest BCUT2D eigenvalue weighted by atomic mass is 16.5. The Labute approximate surface area is 220 Å². The standard InChI is InChI=1S/C29H29N3O6/c1-36-23-16-18-9-10-32-26(21(18)17-24(23)37-2)25(19-6-3-4-7-20(19)27(32)33)29(35)31-13-11-30(12-14-31)28(34)22-8-5-15-38-22/h3-8,15-17,25-26H,9-14H2,1-2H3/t25-,26-/m1/s1. The smallest absolute Gasteiger partial charge is 0.289 e. The van der Waals surface area contributed by atoms with Crippen molar-refractivity contribution < 1.29 is 28.3 Å². The Kier molecular flexibility index (Phi) is 6.06. The molecule has 38 heavy (non-hydrogen) atoms. The van der Waals surface area contributed by atoms with Crippen LogP contribution in [0.5, 0.6) is 11.5 Å². The zero-order chi connectivity index (χ0) is 26.4. The minimum Gasteiger partial charge on any atom is -0.493 e. The van der Waals surface area contributed by atoms with Crippen LogP contribution in [0, 0.1) is 0 Å². The molecule has 9 nitrogen and oxygen atoms in total. The average Bonchev–Trinajstić information content (AvgIpc) is 3.51. The second-order valence-electron chi connectivity index (χ2n) is 9.76. The van der Waals surface area contributed by atoms with Crippen LogP contribution in [0.4, 0.5) is 0 Å². The van der Waals surface area contributed by atoms with Crippen molar-refractivity contribution >= 4 is 17.7 Å². The van der Waals surface area contributed by atoms with Gasteiger partial charge in [0.05, 0.1) is 32.4 Å². The Hall–Kier alpha value is -4.27. The zero-order valence-electron chi connectivity index (χ0n) is 21.4. The van der Waals surface area contributed by atoms with Gasteiger partial charge in [-0.05, 0) is 53.4 Å². The van der Waals surface area contributed by atoms with E-state index < -0.39 is 12.0 Å². The summed E-state index contributed by atoms with van der Waals surface area (Å²) in [5, 5.41) is 0. The third kappa shape index (κ3) is 3.81. The average molecular weight is 516 g/mol. The van der Waals surface area contributed by atoms with E-state index >= 15 is 0 Å². The normalized spacial score (nSPS) is 20.4. The molecule has 2 aromatic carbocycles. The summed E-state index contributed by atoms with van der Waals surface area (Å²) in [6.07, 6.45) is 2.14. The Balaban J connectivity index is 1.35. The molecule has 1 saturated heterocycles. The maximum absolute atomic E-state index is 14.3. The van der Waals surface area contributed by atoms with Crippen LogP contribution in [-0.4, -0.2) is 79.4 Å². The van der Waals surface area contributed by atoms with Gasteiger partial charge in [0, 0.05) is 38.3 Å². The lowest BCUT2D eigenvalue weighted by Gasteiger charge is -2.47. The molecule has 0 unspecified atom stereocenters. The van der Waals surface area contributed by atoms with Gasteiger partial charge in [0.15, 0.2) is 17.3 Å². The number of fused-ring (bicyclic) bond motifs is 4. The fraction of sp³-hybridized carbons (Fsp3) is 0.345. The fourth-order valence-electron chi connectivity index (χ4n) is 6.00. The molecular formula is C29H29N3O6. The predicted octanol–water partition coefficient (Wildman–Crippen LogP) is 3.12. The van der Waals surface area contributed by atoms with E-state index in [9.17, 15) is 14.4 Å². The highest BCUT2D eigenvalue weighted by Crippen LogP contribution is 2.48. The van der Waals surface area contributed by atoms with Crippen molar-refractivity contribution in [2.75, 3.05) is 46.9 Å². The number of carbonyl (C=O) groups excluding carboxylic acids is 3. The molecule has 196 valence electrons. The fourth-order valence-corrected chi connectivity index (χ4v) is 6.00. The van der Waals surface area contributed by atoms with Crippen LogP contribution < -0.4 is 9.47 Å². The molecule has 0 spiro atoms. The first-order valence-corrected chi connectivity index (χ1v) is 12.8. The molecular weight excluding hydrogens is 486 g/mol. The summed E-state index contributed by atoms with van der Waals surface area (Å²) in [5.41, 5.74) is 3.25. The molecule has 4 heterocycles. The summed E-state index contributed by atoms with van der Waals surface area (Å²) < 4.78 is 16.4. The van der Waals surface area contributed by atoms with Crippen LogP contribution in [0.25, 0.3) is 0 Å². The number of nitrogens with zero attached hydrogens (tertiary/aromatic N) is 3. The molecule has 0 N–H and O–H groups in total. The summed E-state index contributed by atoms with van der Waals surface area (Å²) in [6.45, 7) is 2.14. The highest BCUT2D eigenvalue weighted by Gasteiger charge is 2.48. The highest BCUT2D eigenvalue weighted by molar-refractivity contribution is 6.01. The molecule has 3 aliphatic heterocycles. The molecule has 0 aliphatic carbocycles. The van der Waals surface area contributed by atoms with Crippen LogP contribution in [0.15, 0.2) is 59.2 Å². The quantitative estimate of drug-likeness (QED) is 0.530. The van der Waals surface area contributed by atoms with Gasteiger partial charge in [-0.15, -0.1) is 0 Å². The van der Waals surface area contributed by atoms with Crippen LogP contribution in [0.3, 0.4) is 0 Å². The Morgan fingerprint density at radius 1 is 0.868 bits per heavy atom. The van der Waals surface area contributed by atoms with Crippen molar-refractivity contribution in [3.63, 3.8) is 0 Å². The van der Waals surface area contributed by atoms with E-state index in [2.05, 4.69) is 0 Å². The van der Waals surface area contributed by atoms with Gasteiger partial charge in [-0.2, -0.15) is 0 Å². The molecule has 2 atom stereocenters. The lowest BCUT2D eigenvalue weighted by Crippen LogP contribution is -2.55. The summed E-state index contributed by atoms with van der Waals surface area (Å²) in [5.74, 6) is 0.621. The van der Waals surface area contributed by atoms with Gasteiger partial charge >= 0.3 is 0 Å². The van der Waals surface area contributed by atoms with Crippen LogP contribution in [-0.2, 0) is 11.2 Å². The van der Waals surface area contributed by atoms with Gasteiger partial charge in [0.25, 0.3) is 11.8 Å². The largest absolute Gasteiger partial charge is 0.493 e. The van der Waals surface area contributed by atoms with Gasteiger partial charge in [0.1, 0.15) is 0 Å². The summed E-state index contributed by atoms with van der Waals surface area (Å²) in [7, 11) is 3.18. The predicted molar refractivity (Wildman–Crippen MR) is 137 cm³/mol. The molecule has 3 amide bonds. The van der Waals surface area contributed by atoms with Crippen molar-refractivity contribution in [2.24, 2.45) is 0 Å². The van der Waals surface area contributed by atoms with Crippen molar-refractivity contribution in [1.82, 2.24) is 14.7 Å². The number of rotatable bonds is 4. The van der Waals surface area contributed by atoms with Crippen LogP contribution >= 0.6 is 0 Å². The zero-order valence-corrected chi connectivity index (χ0v) is 21.4. The van der Waals surface area contributed by atoms with Crippen LogP contribution in [0.2, 0.25) is 0 Å². The molecule has 0 radical (unpaired) electrons. The summed E-state index contributed by atoms with van der Waals surface area (Å²) >= 11 is 0. The third-order valence-electron chi connectivity index (χ3n) is 7.90. The van der Waals surface area contributed by atoms with Crippen molar-refractivity contribution in [2.45, 2.75) is 18.4 Å². The van der Waals surface area contributed by atoms with Crippen molar-refractivity contribution in [1.29, 1.82) is 0 Å². The number of hydrogen-bond donors (Lipinski definition) is 0. The Morgan fingerprint density at radius 3 is 2.29 bits per heavy atom. The minimum atomic E-state index is -0.576. The first-order valence-electron chi connectivity index (χ1n) is 12.8. The maximum atomic E-state index is 14.3. The second-order valence-corrected chi connectivity index (χ2v) is 9.76. The van der Waals surface area contributed by atoms with E-state index in [1.165, 1.54) is 6.26 Å². The summed E-state index contributed by atoms with van der Waals surface area (Å²) in [4.78, 5) is 46.0. The number of furan rings is 1. The Morgan fingerprint density at radius 2 is 1.58 bits per heavy atom. The topological polar surface area (TPSA) is 92.5 Å². The van der Waals surface area contributed by atoms with E-state index in [0.717, 1.165) is 16.7 Å². The summed E-state index contributed by atoms with van der Waals surface area (Å²) in [6, 6.07) is 14.1. The minimum absolute atomic E-state index is 0.0484. The molecule has 0 bridgehead atoms. The van der Waals surface area contributed by atoms with Crippen molar-refractivity contribution in [3.05, 3.63) is 82.8 Å².